The van der Waals surface area contributed by atoms with Gasteiger partial charge in [0.05, 0.1) is 17.2 Å². The molecule has 2 aromatic rings. The third-order valence-corrected chi connectivity index (χ3v) is 5.56. The Kier molecular flexibility index (Phi) is 4.77. The van der Waals surface area contributed by atoms with E-state index in [4.69, 9.17) is 5.73 Å². The van der Waals surface area contributed by atoms with Gasteiger partial charge in [-0.1, -0.05) is 0 Å². The standard InChI is InChI=1S/C20H23FN4O4/c1-10(22)19(27)23-11-4-5-24(8-11)17-7-16-13(6-15(17)21)18(26)14(20(28)29)9-25(16)12-2-3-12/h6-7,9-12H,2-5,8,22H2,1H3,(H,23,27)(H,28,29)/t10-,11?/m1/s1. The second-order valence-electron chi connectivity index (χ2n) is 7.87. The van der Waals surface area contributed by atoms with E-state index in [-0.39, 0.29) is 28.9 Å². The number of nitrogens with two attached hydrogens (primary N) is 1. The fourth-order valence-electron chi connectivity index (χ4n) is 3.84. The maximum absolute atomic E-state index is 14.9. The van der Waals surface area contributed by atoms with Crippen molar-refractivity contribution >= 4 is 28.5 Å². The zero-order chi connectivity index (χ0) is 20.9. The van der Waals surface area contributed by atoms with Gasteiger partial charge < -0.3 is 25.6 Å². The summed E-state index contributed by atoms with van der Waals surface area (Å²) in [6.45, 7) is 2.59. The van der Waals surface area contributed by atoms with Crippen LogP contribution in [0.2, 0.25) is 0 Å². The molecule has 1 saturated carbocycles. The molecule has 0 spiro atoms. The first-order valence-corrected chi connectivity index (χ1v) is 9.69. The van der Waals surface area contributed by atoms with Crippen LogP contribution >= 0.6 is 0 Å². The number of hydrogen-bond acceptors (Lipinski definition) is 5. The van der Waals surface area contributed by atoms with Gasteiger partial charge in [0, 0.05) is 36.8 Å². The van der Waals surface area contributed by atoms with E-state index in [9.17, 15) is 23.9 Å². The molecule has 0 radical (unpaired) electrons. The molecule has 1 aliphatic carbocycles. The first kappa shape index (κ1) is 19.4. The Hall–Kier alpha value is -2.94. The largest absolute Gasteiger partial charge is 0.477 e. The van der Waals surface area contributed by atoms with E-state index in [0.717, 1.165) is 18.9 Å². The molecular formula is C20H23FN4O4. The van der Waals surface area contributed by atoms with Crippen molar-refractivity contribution in [3.63, 3.8) is 0 Å². The highest BCUT2D eigenvalue weighted by molar-refractivity contribution is 5.93. The number of carboxylic acids is 1. The summed E-state index contributed by atoms with van der Waals surface area (Å²) >= 11 is 0. The smallest absolute Gasteiger partial charge is 0.341 e. The van der Waals surface area contributed by atoms with Gasteiger partial charge in [0.25, 0.3) is 0 Å². The molecule has 4 N–H and O–H groups in total. The molecule has 2 heterocycles. The predicted octanol–water partition coefficient (Wildman–Crippen LogP) is 1.22. The summed E-state index contributed by atoms with van der Waals surface area (Å²) in [4.78, 5) is 37.6. The highest BCUT2D eigenvalue weighted by atomic mass is 19.1. The predicted molar refractivity (Wildman–Crippen MR) is 106 cm³/mol. The van der Waals surface area contributed by atoms with Crippen LogP contribution in [0.4, 0.5) is 10.1 Å². The maximum atomic E-state index is 14.9. The molecule has 1 aliphatic heterocycles. The Labute approximate surface area is 166 Å². The van der Waals surface area contributed by atoms with E-state index in [1.54, 1.807) is 17.6 Å². The summed E-state index contributed by atoms with van der Waals surface area (Å²) < 4.78 is 16.7. The van der Waals surface area contributed by atoms with Crippen molar-refractivity contribution in [2.75, 3.05) is 18.0 Å². The molecular weight excluding hydrogens is 379 g/mol. The summed E-state index contributed by atoms with van der Waals surface area (Å²) in [5, 5.41) is 12.3. The zero-order valence-corrected chi connectivity index (χ0v) is 16.0. The quantitative estimate of drug-likeness (QED) is 0.692. The Morgan fingerprint density at radius 3 is 2.66 bits per heavy atom. The van der Waals surface area contributed by atoms with Crippen LogP contribution in [0.3, 0.4) is 0 Å². The summed E-state index contributed by atoms with van der Waals surface area (Å²) in [5.74, 6) is -2.15. The number of carbonyl (C=O) groups excluding carboxylic acids is 1. The normalized spacial score (nSPS) is 20.1. The molecule has 29 heavy (non-hydrogen) atoms. The van der Waals surface area contributed by atoms with Gasteiger partial charge in [0.2, 0.25) is 11.3 Å². The Morgan fingerprint density at radius 2 is 2.03 bits per heavy atom. The highest BCUT2D eigenvalue weighted by Crippen LogP contribution is 2.38. The fraction of sp³-hybridized carbons (Fsp3) is 0.450. The number of carbonyl (C=O) groups is 2. The van der Waals surface area contributed by atoms with Crippen molar-refractivity contribution in [3.8, 4) is 0 Å². The van der Waals surface area contributed by atoms with Gasteiger partial charge in [-0.15, -0.1) is 0 Å². The van der Waals surface area contributed by atoms with Crippen molar-refractivity contribution in [3.05, 3.63) is 39.9 Å². The lowest BCUT2D eigenvalue weighted by atomic mass is 10.1. The molecule has 2 aliphatic rings. The lowest BCUT2D eigenvalue weighted by Crippen LogP contribution is -2.45. The third kappa shape index (κ3) is 3.57. The molecule has 2 fully saturated rings. The van der Waals surface area contributed by atoms with E-state index < -0.39 is 23.3 Å². The van der Waals surface area contributed by atoms with Gasteiger partial charge in [-0.2, -0.15) is 0 Å². The summed E-state index contributed by atoms with van der Waals surface area (Å²) in [6.07, 6.45) is 3.79. The second-order valence-corrected chi connectivity index (χ2v) is 7.87. The van der Waals surface area contributed by atoms with Crippen LogP contribution in [0, 0.1) is 5.82 Å². The van der Waals surface area contributed by atoms with E-state index in [2.05, 4.69) is 5.32 Å². The molecule has 1 saturated heterocycles. The average Bonchev–Trinajstić information content (AvgIpc) is 3.40. The number of amides is 1. The van der Waals surface area contributed by atoms with Gasteiger partial charge in [0.1, 0.15) is 11.4 Å². The van der Waals surface area contributed by atoms with Crippen molar-refractivity contribution in [2.24, 2.45) is 5.73 Å². The number of nitrogens with zero attached hydrogens (tertiary/aromatic N) is 2. The average molecular weight is 402 g/mol. The Balaban J connectivity index is 1.72. The highest BCUT2D eigenvalue weighted by Gasteiger charge is 2.30. The van der Waals surface area contributed by atoms with E-state index >= 15 is 0 Å². The monoisotopic (exact) mass is 402 g/mol. The topological polar surface area (TPSA) is 118 Å². The van der Waals surface area contributed by atoms with E-state index in [0.29, 0.717) is 30.7 Å². The number of fused-ring (bicyclic) bond motifs is 1. The number of nitrogens with one attached hydrogen (secondary N) is 1. The third-order valence-electron chi connectivity index (χ3n) is 5.56. The molecule has 0 bridgehead atoms. The van der Waals surface area contributed by atoms with Gasteiger partial charge >= 0.3 is 5.97 Å². The van der Waals surface area contributed by atoms with Gasteiger partial charge in [-0.3, -0.25) is 9.59 Å². The van der Waals surface area contributed by atoms with Crippen LogP contribution in [-0.4, -0.2) is 46.7 Å². The lowest BCUT2D eigenvalue weighted by molar-refractivity contribution is -0.122. The van der Waals surface area contributed by atoms with Gasteiger partial charge in [0.15, 0.2) is 0 Å². The van der Waals surface area contributed by atoms with E-state index in [1.807, 2.05) is 4.90 Å². The molecule has 4 rings (SSSR count). The molecule has 1 aromatic carbocycles. The minimum Gasteiger partial charge on any atom is -0.477 e. The number of benzene rings is 1. The number of rotatable bonds is 5. The first-order valence-electron chi connectivity index (χ1n) is 9.69. The molecule has 1 unspecified atom stereocenters. The van der Waals surface area contributed by atoms with Crippen molar-refractivity contribution in [2.45, 2.75) is 44.3 Å². The minimum atomic E-state index is -1.32. The van der Waals surface area contributed by atoms with Crippen molar-refractivity contribution in [1.29, 1.82) is 0 Å². The first-order chi connectivity index (χ1) is 13.8. The van der Waals surface area contributed by atoms with Crippen LogP contribution in [-0.2, 0) is 4.79 Å². The van der Waals surface area contributed by atoms with Crippen LogP contribution in [0.5, 0.6) is 0 Å². The van der Waals surface area contributed by atoms with Crippen LogP contribution < -0.4 is 21.4 Å². The van der Waals surface area contributed by atoms with Gasteiger partial charge in [-0.25, -0.2) is 9.18 Å². The molecule has 1 amide bonds. The summed E-state index contributed by atoms with van der Waals surface area (Å²) in [6, 6.07) is 2.12. The zero-order valence-electron chi connectivity index (χ0n) is 16.0. The van der Waals surface area contributed by atoms with Crippen LogP contribution in [0.1, 0.15) is 42.6 Å². The van der Waals surface area contributed by atoms with Crippen LogP contribution in [0.15, 0.2) is 23.1 Å². The number of aromatic nitrogens is 1. The lowest BCUT2D eigenvalue weighted by Gasteiger charge is -2.22. The van der Waals surface area contributed by atoms with Gasteiger partial charge in [-0.05, 0) is 38.3 Å². The fourth-order valence-corrected chi connectivity index (χ4v) is 3.84. The second kappa shape index (κ2) is 7.14. The van der Waals surface area contributed by atoms with Crippen molar-refractivity contribution in [1.82, 2.24) is 9.88 Å². The summed E-state index contributed by atoms with van der Waals surface area (Å²) in [7, 11) is 0. The number of aromatic carboxylic acids is 1. The number of anilines is 1. The SMILES string of the molecule is C[C@@H](N)C(=O)NC1CCN(c2cc3c(cc2F)c(=O)c(C(=O)O)cn3C2CC2)C1. The molecule has 154 valence electrons. The Bertz CT molecular complexity index is 1060. The molecule has 8 nitrogen and oxygen atoms in total. The Morgan fingerprint density at radius 1 is 1.31 bits per heavy atom. The summed E-state index contributed by atoms with van der Waals surface area (Å²) in [5.41, 5.74) is 5.42. The van der Waals surface area contributed by atoms with Crippen LogP contribution in [0.25, 0.3) is 10.9 Å². The maximum Gasteiger partial charge on any atom is 0.341 e. The minimum absolute atomic E-state index is 0.0686. The molecule has 9 heteroatoms. The van der Waals surface area contributed by atoms with Crippen molar-refractivity contribution < 1.29 is 19.1 Å². The van der Waals surface area contributed by atoms with E-state index in [1.165, 1.54) is 6.20 Å². The number of carboxylic acid groups (broad SMARTS) is 1. The number of hydrogen-bond donors (Lipinski definition) is 3. The number of halogens is 1. The molecule has 1 aromatic heterocycles. The molecule has 2 atom stereocenters. The number of pyridine rings is 1.